The minimum atomic E-state index is -3.49. The number of hydrogen-bond donors (Lipinski definition) is 1. The second kappa shape index (κ2) is 6.87. The van der Waals surface area contributed by atoms with Crippen molar-refractivity contribution in [1.29, 1.82) is 0 Å². The van der Waals surface area contributed by atoms with Gasteiger partial charge in [-0.1, -0.05) is 13.3 Å². The van der Waals surface area contributed by atoms with E-state index >= 15 is 0 Å². The minimum absolute atomic E-state index is 0.189. The van der Waals surface area contributed by atoms with Gasteiger partial charge >= 0.3 is 0 Å². The normalized spacial score (nSPS) is 27.9. The molecule has 0 amide bonds. The molecule has 3 rings (SSSR count). The van der Waals surface area contributed by atoms with E-state index < -0.39 is 15.8 Å². The van der Waals surface area contributed by atoms with Gasteiger partial charge in [-0.25, -0.2) is 12.8 Å². The first-order valence-electron chi connectivity index (χ1n) is 8.57. The highest BCUT2D eigenvalue weighted by Crippen LogP contribution is 2.22. The third-order valence-electron chi connectivity index (χ3n) is 5.33. The van der Waals surface area contributed by atoms with Gasteiger partial charge in [-0.15, -0.1) is 0 Å². The summed E-state index contributed by atoms with van der Waals surface area (Å²) in [5.74, 6) is 0.381. The van der Waals surface area contributed by atoms with Crippen LogP contribution in [0.3, 0.4) is 0 Å². The van der Waals surface area contributed by atoms with E-state index in [1.165, 1.54) is 49.9 Å². The Morgan fingerprint density at radius 3 is 2.39 bits per heavy atom. The summed E-state index contributed by atoms with van der Waals surface area (Å²) in [4.78, 5) is 1.75. The molecule has 1 saturated heterocycles. The Bertz CT molecular complexity index is 624. The quantitative estimate of drug-likeness (QED) is 0.900. The first kappa shape index (κ1) is 16.9. The summed E-state index contributed by atoms with van der Waals surface area (Å²) in [5.41, 5.74) is 0. The van der Waals surface area contributed by atoms with Crippen LogP contribution in [0.1, 0.15) is 32.6 Å². The SMILES string of the molecule is C[C@H]1CCC[C@@H]([NH+]2CCN(S(=O)(=O)c3ccc(F)cc3)CC2)C1. The van der Waals surface area contributed by atoms with Crippen LogP contribution in [0.5, 0.6) is 0 Å². The highest BCUT2D eigenvalue weighted by molar-refractivity contribution is 7.89. The van der Waals surface area contributed by atoms with Crippen molar-refractivity contribution in [2.24, 2.45) is 5.92 Å². The highest BCUT2D eigenvalue weighted by Gasteiger charge is 2.34. The molecule has 4 nitrogen and oxygen atoms in total. The van der Waals surface area contributed by atoms with Crippen LogP contribution in [-0.4, -0.2) is 44.9 Å². The van der Waals surface area contributed by atoms with Crippen molar-refractivity contribution in [2.75, 3.05) is 26.2 Å². The third-order valence-corrected chi connectivity index (χ3v) is 7.24. The predicted octanol–water partition coefficient (Wildman–Crippen LogP) is 1.29. The Hall–Kier alpha value is -0.980. The lowest BCUT2D eigenvalue weighted by atomic mass is 9.86. The summed E-state index contributed by atoms with van der Waals surface area (Å²) in [6, 6.07) is 5.81. The number of quaternary nitrogens is 1. The molecule has 1 aliphatic heterocycles. The number of hydrogen-bond acceptors (Lipinski definition) is 2. The zero-order valence-electron chi connectivity index (χ0n) is 13.7. The van der Waals surface area contributed by atoms with Crippen LogP contribution in [0.2, 0.25) is 0 Å². The van der Waals surface area contributed by atoms with Gasteiger partial charge in [-0.05, 0) is 43.0 Å². The number of halogens is 1. The van der Waals surface area contributed by atoms with Crippen molar-refractivity contribution in [2.45, 2.75) is 43.5 Å². The molecule has 1 heterocycles. The van der Waals surface area contributed by atoms with Crippen LogP contribution in [-0.2, 0) is 10.0 Å². The van der Waals surface area contributed by atoms with E-state index in [4.69, 9.17) is 0 Å². The zero-order valence-corrected chi connectivity index (χ0v) is 14.5. The Morgan fingerprint density at radius 2 is 1.78 bits per heavy atom. The van der Waals surface area contributed by atoms with E-state index in [0.29, 0.717) is 19.1 Å². The largest absolute Gasteiger partial charge is 0.330 e. The maximum Gasteiger partial charge on any atom is 0.243 e. The molecule has 0 bridgehead atoms. The fourth-order valence-electron chi connectivity index (χ4n) is 3.98. The van der Waals surface area contributed by atoms with Crippen LogP contribution in [0.4, 0.5) is 4.39 Å². The van der Waals surface area contributed by atoms with Gasteiger partial charge in [-0.2, -0.15) is 4.31 Å². The van der Waals surface area contributed by atoms with Crippen LogP contribution in [0.25, 0.3) is 0 Å². The maximum absolute atomic E-state index is 13.0. The van der Waals surface area contributed by atoms with Gasteiger partial charge in [0.15, 0.2) is 0 Å². The highest BCUT2D eigenvalue weighted by atomic mass is 32.2. The van der Waals surface area contributed by atoms with Gasteiger partial charge in [0, 0.05) is 6.42 Å². The van der Waals surface area contributed by atoms with Crippen LogP contribution in [0, 0.1) is 11.7 Å². The summed E-state index contributed by atoms with van der Waals surface area (Å²) >= 11 is 0. The molecular formula is C17H26FN2O2S+. The average Bonchev–Trinajstić information content (AvgIpc) is 2.55. The van der Waals surface area contributed by atoms with Gasteiger partial charge in [0.05, 0.1) is 37.1 Å². The fourth-order valence-corrected chi connectivity index (χ4v) is 5.42. The number of sulfonamides is 1. The average molecular weight is 341 g/mol. The molecule has 0 spiro atoms. The van der Waals surface area contributed by atoms with Gasteiger partial charge in [0.1, 0.15) is 5.82 Å². The third kappa shape index (κ3) is 3.75. The minimum Gasteiger partial charge on any atom is -0.330 e. The maximum atomic E-state index is 13.0. The molecule has 1 N–H and O–H groups in total. The number of benzene rings is 1. The molecule has 23 heavy (non-hydrogen) atoms. The number of rotatable bonds is 3. The number of nitrogens with zero attached hydrogens (tertiary/aromatic N) is 1. The monoisotopic (exact) mass is 341 g/mol. The van der Waals surface area contributed by atoms with Crippen molar-refractivity contribution < 1.29 is 17.7 Å². The van der Waals surface area contributed by atoms with E-state index in [1.54, 1.807) is 9.21 Å². The van der Waals surface area contributed by atoms with Gasteiger partial charge in [0.2, 0.25) is 10.0 Å². The van der Waals surface area contributed by atoms with Crippen molar-refractivity contribution >= 4 is 10.0 Å². The lowest BCUT2D eigenvalue weighted by Crippen LogP contribution is -3.18. The molecule has 0 aromatic heterocycles. The fraction of sp³-hybridized carbons (Fsp3) is 0.647. The molecular weight excluding hydrogens is 315 g/mol. The molecule has 6 heteroatoms. The molecule has 2 aliphatic rings. The first-order chi connectivity index (χ1) is 11.0. The number of nitrogens with one attached hydrogen (secondary N) is 1. The first-order valence-corrected chi connectivity index (χ1v) is 10.0. The molecule has 2 fully saturated rings. The smallest absolute Gasteiger partial charge is 0.243 e. The molecule has 1 aromatic carbocycles. The molecule has 128 valence electrons. The van der Waals surface area contributed by atoms with Crippen molar-refractivity contribution in [1.82, 2.24) is 4.31 Å². The topological polar surface area (TPSA) is 41.8 Å². The van der Waals surface area contributed by atoms with Crippen molar-refractivity contribution in [3.8, 4) is 0 Å². The Balaban J connectivity index is 1.63. The van der Waals surface area contributed by atoms with Gasteiger partial charge in [-0.3, -0.25) is 0 Å². The summed E-state index contributed by atoms with van der Waals surface area (Å²) < 4.78 is 39.8. The Morgan fingerprint density at radius 1 is 1.13 bits per heavy atom. The summed E-state index contributed by atoms with van der Waals surface area (Å²) in [6.07, 6.45) is 5.16. The van der Waals surface area contributed by atoms with Crippen LogP contribution in [0.15, 0.2) is 29.2 Å². The van der Waals surface area contributed by atoms with E-state index in [-0.39, 0.29) is 4.90 Å². The second-order valence-electron chi connectivity index (χ2n) is 6.98. The van der Waals surface area contributed by atoms with Crippen LogP contribution < -0.4 is 4.90 Å². The zero-order chi connectivity index (χ0) is 16.4. The molecule has 0 unspecified atom stereocenters. The molecule has 2 atom stereocenters. The molecule has 0 radical (unpaired) electrons. The van der Waals surface area contributed by atoms with E-state index in [1.807, 2.05) is 0 Å². The Kier molecular flexibility index (Phi) is 5.04. The van der Waals surface area contributed by atoms with Gasteiger partial charge < -0.3 is 4.90 Å². The molecule has 1 saturated carbocycles. The van der Waals surface area contributed by atoms with E-state index in [9.17, 15) is 12.8 Å². The second-order valence-corrected chi connectivity index (χ2v) is 8.92. The molecule has 1 aromatic rings. The van der Waals surface area contributed by atoms with Gasteiger partial charge in [0.25, 0.3) is 0 Å². The van der Waals surface area contributed by atoms with E-state index in [0.717, 1.165) is 19.0 Å². The molecule has 1 aliphatic carbocycles. The summed E-state index contributed by atoms with van der Waals surface area (Å²) in [6.45, 7) is 5.18. The predicted molar refractivity (Wildman–Crippen MR) is 87.3 cm³/mol. The van der Waals surface area contributed by atoms with Crippen molar-refractivity contribution in [3.63, 3.8) is 0 Å². The lowest BCUT2D eigenvalue weighted by molar-refractivity contribution is -0.930. The standard InChI is InChI=1S/C17H25FN2O2S/c1-14-3-2-4-16(13-14)19-9-11-20(12-10-19)23(21,22)17-7-5-15(18)6-8-17/h5-8,14,16H,2-4,9-13H2,1H3/p+1/t14-,16+/m0/s1. The van der Waals surface area contributed by atoms with E-state index in [2.05, 4.69) is 6.92 Å². The Labute approximate surface area is 138 Å². The summed E-state index contributed by atoms with van der Waals surface area (Å²) in [7, 11) is -3.49. The lowest BCUT2D eigenvalue weighted by Gasteiger charge is -2.38. The summed E-state index contributed by atoms with van der Waals surface area (Å²) in [5, 5.41) is 0. The van der Waals surface area contributed by atoms with Crippen LogP contribution >= 0.6 is 0 Å². The van der Waals surface area contributed by atoms with Crippen molar-refractivity contribution in [3.05, 3.63) is 30.1 Å². The number of piperazine rings is 1.